The van der Waals surface area contributed by atoms with Gasteiger partial charge in [0, 0.05) is 37.9 Å². The Morgan fingerprint density at radius 3 is 2.70 bits per heavy atom. The van der Waals surface area contributed by atoms with Crippen molar-refractivity contribution in [3.05, 3.63) is 24.3 Å². The summed E-state index contributed by atoms with van der Waals surface area (Å²) in [6.07, 6.45) is -0.232. The molecule has 110 valence electrons. The van der Waals surface area contributed by atoms with Crippen molar-refractivity contribution in [3.63, 3.8) is 0 Å². The van der Waals surface area contributed by atoms with Crippen LogP contribution in [-0.4, -0.2) is 53.0 Å². The van der Waals surface area contributed by atoms with Crippen molar-refractivity contribution in [1.82, 2.24) is 9.80 Å². The van der Waals surface area contributed by atoms with Gasteiger partial charge in [-0.2, -0.15) is 9.28 Å². The molecule has 1 aromatic rings. The number of carbonyl (C=O) groups excluding carboxylic acids is 1. The molecule has 1 aliphatic heterocycles. The maximum atomic E-state index is 12.1. The number of ether oxygens (including phenoxy) is 1. The predicted octanol–water partition coefficient (Wildman–Crippen LogP) is 1.82. The lowest BCUT2D eigenvalue weighted by molar-refractivity contribution is 0.124. The number of nitrogens with zero attached hydrogens (tertiary/aromatic N) is 2. The molecular formula is C15H24N3O2+. The molecule has 1 fully saturated rings. The normalized spacial score (nSPS) is 16.1. The van der Waals surface area contributed by atoms with Gasteiger partial charge in [-0.3, -0.25) is 0 Å². The van der Waals surface area contributed by atoms with E-state index in [2.05, 4.69) is 22.3 Å². The maximum Gasteiger partial charge on any atom is 0.520 e. The van der Waals surface area contributed by atoms with Crippen LogP contribution in [0.15, 0.2) is 24.3 Å². The number of hydrogen-bond donors (Lipinski definition) is 1. The van der Waals surface area contributed by atoms with Gasteiger partial charge in [0.1, 0.15) is 5.69 Å². The first-order chi connectivity index (χ1) is 9.55. The van der Waals surface area contributed by atoms with Crippen LogP contribution in [-0.2, 0) is 4.74 Å². The van der Waals surface area contributed by atoms with E-state index in [1.165, 1.54) is 5.69 Å². The van der Waals surface area contributed by atoms with Crippen molar-refractivity contribution < 1.29 is 9.53 Å². The monoisotopic (exact) mass is 278 g/mol. The summed E-state index contributed by atoms with van der Waals surface area (Å²) in [5.74, 6) is 0. The highest BCUT2D eigenvalue weighted by Crippen LogP contribution is 2.26. The van der Waals surface area contributed by atoms with Gasteiger partial charge >= 0.3 is 6.09 Å². The van der Waals surface area contributed by atoms with Crippen LogP contribution in [0.5, 0.6) is 0 Å². The summed E-state index contributed by atoms with van der Waals surface area (Å²) in [7, 11) is 3.71. The molecule has 0 atom stereocenters. The minimum Gasteiger partial charge on any atom is -0.420 e. The van der Waals surface area contributed by atoms with E-state index in [1.54, 1.807) is 0 Å². The summed E-state index contributed by atoms with van der Waals surface area (Å²) in [5, 5.41) is 3.34. The van der Waals surface area contributed by atoms with Gasteiger partial charge in [-0.05, 0) is 19.1 Å². The molecule has 0 aliphatic carbocycles. The van der Waals surface area contributed by atoms with E-state index >= 15 is 0 Å². The summed E-state index contributed by atoms with van der Waals surface area (Å²) in [6.45, 7) is 6.22. The maximum absolute atomic E-state index is 12.1. The third-order valence-corrected chi connectivity index (χ3v) is 3.68. The van der Waals surface area contributed by atoms with Gasteiger partial charge in [0.25, 0.3) is 0 Å². The van der Waals surface area contributed by atoms with E-state index in [0.717, 1.165) is 31.9 Å². The first-order valence-electron chi connectivity index (χ1n) is 7.13. The SMILES string of the molecule is CCOC(=O)[N+](C)(C)c1cccc(N2CCNCC2)c1. The zero-order chi connectivity index (χ0) is 14.6. The van der Waals surface area contributed by atoms with Gasteiger partial charge < -0.3 is 15.0 Å². The fourth-order valence-electron chi connectivity index (χ4n) is 2.35. The predicted molar refractivity (Wildman–Crippen MR) is 82.2 cm³/mol. The molecule has 20 heavy (non-hydrogen) atoms. The number of carbonyl (C=O) groups is 1. The number of piperazine rings is 1. The fourth-order valence-corrected chi connectivity index (χ4v) is 2.35. The molecule has 0 bridgehead atoms. The molecule has 1 heterocycles. The van der Waals surface area contributed by atoms with Crippen LogP contribution in [0.4, 0.5) is 16.2 Å². The van der Waals surface area contributed by atoms with Crippen molar-refractivity contribution >= 4 is 17.5 Å². The van der Waals surface area contributed by atoms with Gasteiger partial charge in [0.15, 0.2) is 0 Å². The Hall–Kier alpha value is -1.59. The average molecular weight is 278 g/mol. The molecule has 5 nitrogen and oxygen atoms in total. The Bertz CT molecular complexity index is 468. The number of nitrogens with one attached hydrogen (secondary N) is 1. The average Bonchev–Trinajstić information content (AvgIpc) is 2.48. The molecule has 1 aliphatic rings. The van der Waals surface area contributed by atoms with Gasteiger partial charge in [0.2, 0.25) is 0 Å². The van der Waals surface area contributed by atoms with Gasteiger partial charge in [-0.15, -0.1) is 0 Å². The zero-order valence-electron chi connectivity index (χ0n) is 12.6. The molecule has 1 saturated heterocycles. The second-order valence-corrected chi connectivity index (χ2v) is 5.41. The highest BCUT2D eigenvalue weighted by Gasteiger charge is 2.31. The first-order valence-corrected chi connectivity index (χ1v) is 7.13. The molecule has 0 spiro atoms. The number of amides is 1. The minimum absolute atomic E-state index is 0.105. The van der Waals surface area contributed by atoms with Crippen LogP contribution >= 0.6 is 0 Å². The molecule has 2 rings (SSSR count). The summed E-state index contributed by atoms with van der Waals surface area (Å²) in [4.78, 5) is 14.4. The van der Waals surface area contributed by atoms with E-state index in [-0.39, 0.29) is 10.6 Å². The van der Waals surface area contributed by atoms with E-state index in [1.807, 2.05) is 33.2 Å². The van der Waals surface area contributed by atoms with Crippen LogP contribution in [0.25, 0.3) is 0 Å². The Kier molecular flexibility index (Phi) is 4.62. The van der Waals surface area contributed by atoms with E-state index in [0.29, 0.717) is 6.61 Å². The van der Waals surface area contributed by atoms with Crippen LogP contribution < -0.4 is 14.7 Å². The molecule has 0 radical (unpaired) electrons. The Morgan fingerprint density at radius 2 is 2.05 bits per heavy atom. The summed E-state index contributed by atoms with van der Waals surface area (Å²) in [6, 6.07) is 8.16. The number of benzene rings is 1. The van der Waals surface area contributed by atoms with Crippen molar-refractivity contribution in [2.24, 2.45) is 0 Å². The Morgan fingerprint density at radius 1 is 1.35 bits per heavy atom. The van der Waals surface area contributed by atoms with Crippen molar-refractivity contribution in [1.29, 1.82) is 0 Å². The van der Waals surface area contributed by atoms with Crippen molar-refractivity contribution in [2.75, 3.05) is 51.8 Å². The van der Waals surface area contributed by atoms with E-state index < -0.39 is 0 Å². The third kappa shape index (κ3) is 3.11. The Labute approximate surface area is 120 Å². The van der Waals surface area contributed by atoms with Crippen LogP contribution in [0.3, 0.4) is 0 Å². The van der Waals surface area contributed by atoms with Gasteiger partial charge in [-0.1, -0.05) is 6.07 Å². The summed E-state index contributed by atoms with van der Waals surface area (Å²) in [5.41, 5.74) is 2.11. The minimum atomic E-state index is -0.232. The zero-order valence-corrected chi connectivity index (χ0v) is 12.6. The molecule has 0 unspecified atom stereocenters. The van der Waals surface area contributed by atoms with Crippen LogP contribution in [0, 0.1) is 0 Å². The lowest BCUT2D eigenvalue weighted by Gasteiger charge is -2.31. The molecule has 1 amide bonds. The van der Waals surface area contributed by atoms with Crippen LogP contribution in [0.2, 0.25) is 0 Å². The second kappa shape index (κ2) is 6.24. The molecule has 5 heteroatoms. The molecule has 0 saturated carbocycles. The van der Waals surface area contributed by atoms with Crippen molar-refractivity contribution in [2.45, 2.75) is 6.92 Å². The Balaban J connectivity index is 2.22. The number of quaternary nitrogens is 1. The van der Waals surface area contributed by atoms with Gasteiger partial charge in [0.05, 0.1) is 20.7 Å². The molecule has 0 aromatic heterocycles. The standard InChI is InChI=1S/C15H24N3O2/c1-4-20-15(19)18(2,3)14-7-5-6-13(12-14)17-10-8-16-9-11-17/h5-7,12,16H,4,8-11H2,1-3H3/q+1. The third-order valence-electron chi connectivity index (χ3n) is 3.68. The topological polar surface area (TPSA) is 41.6 Å². The molecular weight excluding hydrogens is 254 g/mol. The van der Waals surface area contributed by atoms with Gasteiger partial charge in [-0.25, -0.2) is 0 Å². The number of rotatable bonds is 3. The van der Waals surface area contributed by atoms with E-state index in [9.17, 15) is 4.79 Å². The van der Waals surface area contributed by atoms with Crippen molar-refractivity contribution in [3.8, 4) is 0 Å². The summed E-state index contributed by atoms with van der Waals surface area (Å²) >= 11 is 0. The summed E-state index contributed by atoms with van der Waals surface area (Å²) < 4.78 is 5.26. The first kappa shape index (κ1) is 14.8. The fraction of sp³-hybridized carbons (Fsp3) is 0.533. The largest absolute Gasteiger partial charge is 0.520 e. The lowest BCUT2D eigenvalue weighted by Crippen LogP contribution is -2.47. The lowest BCUT2D eigenvalue weighted by atomic mass is 10.2. The van der Waals surface area contributed by atoms with E-state index in [4.69, 9.17) is 4.74 Å². The second-order valence-electron chi connectivity index (χ2n) is 5.41. The highest BCUT2D eigenvalue weighted by atomic mass is 16.6. The smallest absolute Gasteiger partial charge is 0.420 e. The number of hydrogen-bond acceptors (Lipinski definition) is 4. The van der Waals surface area contributed by atoms with Crippen LogP contribution in [0.1, 0.15) is 6.92 Å². The molecule has 1 N–H and O–H groups in total. The molecule has 1 aromatic carbocycles. The highest BCUT2D eigenvalue weighted by molar-refractivity contribution is 5.82. The quantitative estimate of drug-likeness (QED) is 0.856. The number of anilines is 1.